The Hall–Kier alpha value is -1.44. The second-order valence-electron chi connectivity index (χ2n) is 7.02. The van der Waals surface area contributed by atoms with Gasteiger partial charge in [0.15, 0.2) is 0 Å². The molecule has 0 saturated carbocycles. The first-order chi connectivity index (χ1) is 12.1. The quantitative estimate of drug-likeness (QED) is 0.666. The van der Waals surface area contributed by atoms with Gasteiger partial charge >= 0.3 is 0 Å². The summed E-state index contributed by atoms with van der Waals surface area (Å²) in [5.41, 5.74) is 0. The molecule has 1 aromatic heterocycles. The molecule has 142 valence electrons. The molecule has 7 nitrogen and oxygen atoms in total. The van der Waals surface area contributed by atoms with Crippen molar-refractivity contribution in [2.75, 3.05) is 63.1 Å². The standard InChI is InChI=1S/C18H34N6O/c1-15(2)24(16(3)4)8-6-20-18-13-17(21-14-22-18)19-5-7-23-9-11-25-12-10-23/h13-16H,5-12H2,1-4H3,(H2,19,20,21,22). The zero-order valence-electron chi connectivity index (χ0n) is 16.2. The van der Waals surface area contributed by atoms with Gasteiger partial charge in [0.2, 0.25) is 0 Å². The topological polar surface area (TPSA) is 65.5 Å². The summed E-state index contributed by atoms with van der Waals surface area (Å²) in [5, 5.41) is 6.79. The monoisotopic (exact) mass is 350 g/mol. The Morgan fingerprint density at radius 1 is 1.04 bits per heavy atom. The van der Waals surface area contributed by atoms with Gasteiger partial charge < -0.3 is 15.4 Å². The van der Waals surface area contributed by atoms with Gasteiger partial charge in [0.05, 0.1) is 13.2 Å². The average Bonchev–Trinajstić information content (AvgIpc) is 2.59. The van der Waals surface area contributed by atoms with E-state index in [9.17, 15) is 0 Å². The van der Waals surface area contributed by atoms with Crippen LogP contribution in [0.15, 0.2) is 12.4 Å². The lowest BCUT2D eigenvalue weighted by atomic mass is 10.2. The molecule has 1 aliphatic heterocycles. The minimum Gasteiger partial charge on any atom is -0.379 e. The van der Waals surface area contributed by atoms with E-state index in [-0.39, 0.29) is 0 Å². The van der Waals surface area contributed by atoms with E-state index in [0.29, 0.717) is 12.1 Å². The van der Waals surface area contributed by atoms with Gasteiger partial charge in [-0.3, -0.25) is 9.80 Å². The van der Waals surface area contributed by atoms with Crippen LogP contribution in [0.2, 0.25) is 0 Å². The molecule has 0 aromatic carbocycles. The Bertz CT molecular complexity index is 482. The van der Waals surface area contributed by atoms with E-state index in [2.05, 4.69) is 58.1 Å². The second kappa shape index (κ2) is 10.5. The van der Waals surface area contributed by atoms with Gasteiger partial charge in [-0.05, 0) is 27.7 Å². The summed E-state index contributed by atoms with van der Waals surface area (Å²) < 4.78 is 5.37. The first kappa shape index (κ1) is 19.9. The van der Waals surface area contributed by atoms with E-state index in [4.69, 9.17) is 4.74 Å². The van der Waals surface area contributed by atoms with E-state index in [1.807, 2.05) is 6.07 Å². The van der Waals surface area contributed by atoms with Crippen molar-refractivity contribution in [2.24, 2.45) is 0 Å². The van der Waals surface area contributed by atoms with Crippen molar-refractivity contribution in [1.82, 2.24) is 19.8 Å². The smallest absolute Gasteiger partial charge is 0.131 e. The Kier molecular flexibility index (Phi) is 8.37. The number of hydrogen-bond acceptors (Lipinski definition) is 7. The fourth-order valence-electron chi connectivity index (χ4n) is 3.14. The molecule has 0 unspecified atom stereocenters. The lowest BCUT2D eigenvalue weighted by Crippen LogP contribution is -2.40. The van der Waals surface area contributed by atoms with Crippen molar-refractivity contribution in [3.05, 3.63) is 12.4 Å². The van der Waals surface area contributed by atoms with E-state index >= 15 is 0 Å². The molecule has 0 spiro atoms. The SMILES string of the molecule is CC(C)N(CCNc1cc(NCCN2CCOCC2)ncn1)C(C)C. The largest absolute Gasteiger partial charge is 0.379 e. The fraction of sp³-hybridized carbons (Fsp3) is 0.778. The van der Waals surface area contributed by atoms with Crippen molar-refractivity contribution in [1.29, 1.82) is 0 Å². The maximum absolute atomic E-state index is 5.37. The molecule has 2 heterocycles. The Morgan fingerprint density at radius 2 is 1.64 bits per heavy atom. The van der Waals surface area contributed by atoms with Crippen LogP contribution in [0.1, 0.15) is 27.7 Å². The number of nitrogens with zero attached hydrogens (tertiary/aromatic N) is 4. The first-order valence-electron chi connectivity index (χ1n) is 9.42. The summed E-state index contributed by atoms with van der Waals surface area (Å²) in [6, 6.07) is 3.07. The number of aromatic nitrogens is 2. The molecule has 0 bridgehead atoms. The zero-order valence-corrected chi connectivity index (χ0v) is 16.2. The summed E-state index contributed by atoms with van der Waals surface area (Å²) in [5.74, 6) is 1.74. The predicted octanol–water partition coefficient (Wildman–Crippen LogP) is 1.75. The van der Waals surface area contributed by atoms with Crippen molar-refractivity contribution < 1.29 is 4.74 Å². The Labute approximate surface area is 152 Å². The molecule has 25 heavy (non-hydrogen) atoms. The summed E-state index contributed by atoms with van der Waals surface area (Å²) in [7, 11) is 0. The van der Waals surface area contributed by atoms with Crippen LogP contribution in [0.5, 0.6) is 0 Å². The third-order valence-electron chi connectivity index (χ3n) is 4.51. The zero-order chi connectivity index (χ0) is 18.1. The van der Waals surface area contributed by atoms with Crippen LogP contribution >= 0.6 is 0 Å². The van der Waals surface area contributed by atoms with Crippen molar-refractivity contribution in [2.45, 2.75) is 39.8 Å². The number of anilines is 2. The van der Waals surface area contributed by atoms with Crippen LogP contribution in [-0.4, -0.2) is 84.3 Å². The van der Waals surface area contributed by atoms with Crippen LogP contribution in [0.25, 0.3) is 0 Å². The van der Waals surface area contributed by atoms with E-state index in [1.54, 1.807) is 6.33 Å². The molecule has 2 rings (SSSR count). The fourth-order valence-corrected chi connectivity index (χ4v) is 3.14. The van der Waals surface area contributed by atoms with Crippen molar-refractivity contribution >= 4 is 11.6 Å². The van der Waals surface area contributed by atoms with Gasteiger partial charge in [-0.2, -0.15) is 0 Å². The lowest BCUT2D eigenvalue weighted by molar-refractivity contribution is 0.0398. The third kappa shape index (κ3) is 7.13. The molecule has 1 aliphatic rings. The lowest BCUT2D eigenvalue weighted by Gasteiger charge is -2.30. The van der Waals surface area contributed by atoms with Crippen molar-refractivity contribution in [3.63, 3.8) is 0 Å². The van der Waals surface area contributed by atoms with E-state index in [0.717, 1.165) is 64.1 Å². The van der Waals surface area contributed by atoms with Crippen LogP contribution in [0.4, 0.5) is 11.6 Å². The summed E-state index contributed by atoms with van der Waals surface area (Å²) in [4.78, 5) is 13.5. The van der Waals surface area contributed by atoms with Gasteiger partial charge in [0.1, 0.15) is 18.0 Å². The molecule has 1 fully saturated rings. The van der Waals surface area contributed by atoms with Crippen LogP contribution in [0, 0.1) is 0 Å². The normalized spacial score (nSPS) is 16.0. The Balaban J connectivity index is 1.72. The molecule has 0 atom stereocenters. The third-order valence-corrected chi connectivity index (χ3v) is 4.51. The van der Waals surface area contributed by atoms with Crippen LogP contribution < -0.4 is 10.6 Å². The number of morpholine rings is 1. The number of hydrogen-bond donors (Lipinski definition) is 2. The maximum atomic E-state index is 5.37. The minimum absolute atomic E-state index is 0.546. The van der Waals surface area contributed by atoms with Crippen LogP contribution in [0.3, 0.4) is 0 Å². The number of ether oxygens (including phenoxy) is 1. The van der Waals surface area contributed by atoms with Crippen LogP contribution in [-0.2, 0) is 4.74 Å². The second-order valence-corrected chi connectivity index (χ2v) is 7.02. The Morgan fingerprint density at radius 3 is 2.24 bits per heavy atom. The molecule has 2 N–H and O–H groups in total. The predicted molar refractivity (Wildman–Crippen MR) is 103 cm³/mol. The number of rotatable bonds is 10. The van der Waals surface area contributed by atoms with E-state index < -0.39 is 0 Å². The highest BCUT2D eigenvalue weighted by Crippen LogP contribution is 2.09. The summed E-state index contributed by atoms with van der Waals surface area (Å²) >= 11 is 0. The molecule has 1 aromatic rings. The van der Waals surface area contributed by atoms with Gasteiger partial charge in [-0.1, -0.05) is 0 Å². The average molecular weight is 351 g/mol. The maximum Gasteiger partial charge on any atom is 0.131 e. The highest BCUT2D eigenvalue weighted by molar-refractivity contribution is 5.46. The first-order valence-corrected chi connectivity index (χ1v) is 9.42. The highest BCUT2D eigenvalue weighted by Gasteiger charge is 2.12. The van der Waals surface area contributed by atoms with E-state index in [1.165, 1.54) is 0 Å². The number of nitrogens with one attached hydrogen (secondary N) is 2. The summed E-state index contributed by atoms with van der Waals surface area (Å²) in [6.07, 6.45) is 1.61. The van der Waals surface area contributed by atoms with Crippen molar-refractivity contribution in [3.8, 4) is 0 Å². The van der Waals surface area contributed by atoms with Gasteiger partial charge in [0, 0.05) is 57.4 Å². The highest BCUT2D eigenvalue weighted by atomic mass is 16.5. The van der Waals surface area contributed by atoms with Gasteiger partial charge in [0.25, 0.3) is 0 Å². The molecule has 0 amide bonds. The molecule has 0 aliphatic carbocycles. The molecular formula is C18H34N6O. The summed E-state index contributed by atoms with van der Waals surface area (Å²) in [6.45, 7) is 16.4. The molecular weight excluding hydrogens is 316 g/mol. The molecule has 0 radical (unpaired) electrons. The molecule has 7 heteroatoms. The minimum atomic E-state index is 0.546. The molecule has 1 saturated heterocycles. The van der Waals surface area contributed by atoms with Gasteiger partial charge in [-0.25, -0.2) is 9.97 Å². The van der Waals surface area contributed by atoms with Gasteiger partial charge in [-0.15, -0.1) is 0 Å².